The molecular weight excluding hydrogens is 314 g/mol. The van der Waals surface area contributed by atoms with Crippen molar-refractivity contribution in [2.45, 2.75) is 26.3 Å². The van der Waals surface area contributed by atoms with Crippen molar-refractivity contribution < 1.29 is 9.59 Å². The van der Waals surface area contributed by atoms with Crippen molar-refractivity contribution >= 4 is 17.5 Å². The summed E-state index contributed by atoms with van der Waals surface area (Å²) in [6, 6.07) is 17.4. The second-order valence-electron chi connectivity index (χ2n) is 6.13. The minimum Gasteiger partial charge on any atom is -0.344 e. The maximum absolute atomic E-state index is 12.5. The van der Waals surface area contributed by atoms with Gasteiger partial charge in [0.2, 0.25) is 11.8 Å². The summed E-state index contributed by atoms with van der Waals surface area (Å²) in [6.07, 6.45) is 0.223. The lowest BCUT2D eigenvalue weighted by Crippen LogP contribution is -2.47. The molecular formula is C20H21N3O2. The molecule has 2 amide bonds. The summed E-state index contributed by atoms with van der Waals surface area (Å²) >= 11 is 0. The first-order chi connectivity index (χ1) is 12.0. The Morgan fingerprint density at radius 2 is 1.80 bits per heavy atom. The fourth-order valence-corrected chi connectivity index (χ4v) is 2.43. The highest BCUT2D eigenvalue weighted by Crippen LogP contribution is 2.12. The van der Waals surface area contributed by atoms with E-state index in [9.17, 15) is 9.59 Å². The van der Waals surface area contributed by atoms with Crippen LogP contribution in [0.25, 0.3) is 0 Å². The number of carbonyl (C=O) groups is 2. The fraction of sp³-hybridized carbons (Fsp3) is 0.250. The highest BCUT2D eigenvalue weighted by molar-refractivity contribution is 5.97. The largest absolute Gasteiger partial charge is 0.344 e. The van der Waals surface area contributed by atoms with E-state index in [1.807, 2.05) is 50.2 Å². The van der Waals surface area contributed by atoms with Crippen LogP contribution in [0.4, 0.5) is 5.69 Å². The third-order valence-corrected chi connectivity index (χ3v) is 3.73. The lowest BCUT2D eigenvalue weighted by atomic mass is 10.0. The smallest absolute Gasteiger partial charge is 0.247 e. The van der Waals surface area contributed by atoms with Crippen LogP contribution in [0.2, 0.25) is 0 Å². The highest BCUT2D eigenvalue weighted by atomic mass is 16.2. The van der Waals surface area contributed by atoms with Crippen molar-refractivity contribution in [2.24, 2.45) is 5.92 Å². The summed E-state index contributed by atoms with van der Waals surface area (Å²) in [7, 11) is 0. The van der Waals surface area contributed by atoms with E-state index < -0.39 is 6.04 Å². The van der Waals surface area contributed by atoms with Crippen LogP contribution in [0.1, 0.15) is 25.0 Å². The van der Waals surface area contributed by atoms with Gasteiger partial charge in [-0.15, -0.1) is 0 Å². The van der Waals surface area contributed by atoms with Crippen LogP contribution in [0, 0.1) is 17.2 Å². The number of rotatable bonds is 6. The average molecular weight is 335 g/mol. The van der Waals surface area contributed by atoms with Gasteiger partial charge in [-0.05, 0) is 29.7 Å². The van der Waals surface area contributed by atoms with Gasteiger partial charge in [-0.2, -0.15) is 5.26 Å². The molecule has 1 atom stereocenters. The van der Waals surface area contributed by atoms with Crippen LogP contribution in [0.15, 0.2) is 54.6 Å². The second-order valence-corrected chi connectivity index (χ2v) is 6.13. The van der Waals surface area contributed by atoms with Crippen molar-refractivity contribution in [1.82, 2.24) is 5.32 Å². The van der Waals surface area contributed by atoms with Gasteiger partial charge in [0.15, 0.2) is 0 Å². The third-order valence-electron chi connectivity index (χ3n) is 3.73. The minimum atomic E-state index is -0.651. The predicted octanol–water partition coefficient (Wildman–Crippen LogP) is 2.88. The van der Waals surface area contributed by atoms with Crippen LogP contribution >= 0.6 is 0 Å². The van der Waals surface area contributed by atoms with E-state index >= 15 is 0 Å². The van der Waals surface area contributed by atoms with E-state index in [1.54, 1.807) is 24.3 Å². The number of hydrogen-bond acceptors (Lipinski definition) is 3. The maximum Gasteiger partial charge on any atom is 0.247 e. The molecule has 0 heterocycles. The van der Waals surface area contributed by atoms with Gasteiger partial charge >= 0.3 is 0 Å². The van der Waals surface area contributed by atoms with Crippen molar-refractivity contribution in [3.8, 4) is 6.07 Å². The summed E-state index contributed by atoms with van der Waals surface area (Å²) < 4.78 is 0. The van der Waals surface area contributed by atoms with Gasteiger partial charge in [0.05, 0.1) is 18.1 Å². The number of anilines is 1. The molecule has 0 unspecified atom stereocenters. The van der Waals surface area contributed by atoms with Gasteiger partial charge in [0.1, 0.15) is 6.04 Å². The molecule has 0 spiro atoms. The Bertz CT molecular complexity index is 779. The van der Waals surface area contributed by atoms with E-state index in [1.165, 1.54) is 0 Å². The van der Waals surface area contributed by atoms with Crippen LogP contribution in [0.3, 0.4) is 0 Å². The molecule has 0 aliphatic heterocycles. The molecule has 2 aromatic rings. The molecule has 5 heteroatoms. The Kier molecular flexibility index (Phi) is 6.30. The number of nitrogens with zero attached hydrogens (tertiary/aromatic N) is 1. The molecule has 128 valence electrons. The van der Waals surface area contributed by atoms with Crippen LogP contribution in [0.5, 0.6) is 0 Å². The van der Waals surface area contributed by atoms with Crippen LogP contribution < -0.4 is 10.6 Å². The van der Waals surface area contributed by atoms with Gasteiger partial charge in [0.25, 0.3) is 0 Å². The van der Waals surface area contributed by atoms with E-state index in [0.717, 1.165) is 5.56 Å². The normalized spacial score (nSPS) is 11.4. The van der Waals surface area contributed by atoms with Crippen molar-refractivity contribution in [3.05, 3.63) is 65.7 Å². The molecule has 0 aliphatic carbocycles. The molecule has 0 aromatic heterocycles. The molecule has 0 aliphatic rings. The Hall–Kier alpha value is -3.13. The van der Waals surface area contributed by atoms with E-state index in [0.29, 0.717) is 11.3 Å². The molecule has 2 aromatic carbocycles. The van der Waals surface area contributed by atoms with Crippen LogP contribution in [-0.4, -0.2) is 17.9 Å². The molecule has 0 radical (unpaired) electrons. The summed E-state index contributed by atoms with van der Waals surface area (Å²) in [5, 5.41) is 14.5. The molecule has 2 N–H and O–H groups in total. The molecule has 5 nitrogen and oxygen atoms in total. The maximum atomic E-state index is 12.5. The number of benzene rings is 2. The quantitative estimate of drug-likeness (QED) is 0.851. The van der Waals surface area contributed by atoms with Gasteiger partial charge in [-0.1, -0.05) is 50.2 Å². The van der Waals surface area contributed by atoms with Gasteiger partial charge in [-0.25, -0.2) is 0 Å². The number of nitrogens with one attached hydrogen (secondary N) is 2. The second kappa shape index (κ2) is 8.65. The molecule has 0 saturated carbocycles. The zero-order valence-electron chi connectivity index (χ0n) is 14.3. The first-order valence-electron chi connectivity index (χ1n) is 8.14. The van der Waals surface area contributed by atoms with E-state index in [4.69, 9.17) is 5.26 Å². The van der Waals surface area contributed by atoms with Crippen LogP contribution in [-0.2, 0) is 16.0 Å². The zero-order valence-corrected chi connectivity index (χ0v) is 14.3. The fourth-order valence-electron chi connectivity index (χ4n) is 2.43. The minimum absolute atomic E-state index is 0.0705. The van der Waals surface area contributed by atoms with Crippen molar-refractivity contribution in [1.29, 1.82) is 5.26 Å². The third kappa shape index (κ3) is 5.47. The summed E-state index contributed by atoms with van der Waals surface area (Å²) in [5.41, 5.74) is 1.89. The Morgan fingerprint density at radius 3 is 2.44 bits per heavy atom. The van der Waals surface area contributed by atoms with Crippen molar-refractivity contribution in [3.63, 3.8) is 0 Å². The summed E-state index contributed by atoms with van der Waals surface area (Å²) in [5.74, 6) is -0.573. The first kappa shape index (κ1) is 18.2. The number of carbonyl (C=O) groups excluding carboxylic acids is 2. The summed E-state index contributed by atoms with van der Waals surface area (Å²) in [4.78, 5) is 24.8. The predicted molar refractivity (Wildman–Crippen MR) is 96.7 cm³/mol. The number of hydrogen-bond donors (Lipinski definition) is 2. The Balaban J connectivity index is 2.02. The molecule has 2 rings (SSSR count). The SMILES string of the molecule is CC(C)[C@@H](NC(=O)Cc1ccccc1)C(=O)Nc1cccc(C#N)c1. The van der Waals surface area contributed by atoms with Crippen molar-refractivity contribution in [2.75, 3.05) is 5.32 Å². The Labute approximate surface area is 147 Å². The summed E-state index contributed by atoms with van der Waals surface area (Å²) in [6.45, 7) is 3.75. The monoisotopic (exact) mass is 335 g/mol. The van der Waals surface area contributed by atoms with Gasteiger partial charge in [-0.3, -0.25) is 9.59 Å². The lowest BCUT2D eigenvalue weighted by Gasteiger charge is -2.22. The van der Waals surface area contributed by atoms with E-state index in [2.05, 4.69) is 10.6 Å². The first-order valence-corrected chi connectivity index (χ1v) is 8.14. The molecule has 0 fully saturated rings. The molecule has 25 heavy (non-hydrogen) atoms. The zero-order chi connectivity index (χ0) is 18.2. The van der Waals surface area contributed by atoms with Gasteiger partial charge < -0.3 is 10.6 Å². The number of amides is 2. The topological polar surface area (TPSA) is 82.0 Å². The van der Waals surface area contributed by atoms with Gasteiger partial charge in [0, 0.05) is 5.69 Å². The molecule has 0 saturated heterocycles. The lowest BCUT2D eigenvalue weighted by molar-refractivity contribution is -0.127. The number of nitriles is 1. The molecule has 0 bridgehead atoms. The van der Waals surface area contributed by atoms with E-state index in [-0.39, 0.29) is 24.2 Å². The standard InChI is InChI=1S/C20H21N3O2/c1-14(2)19(23-18(24)12-15-7-4-3-5-8-15)20(25)22-17-10-6-9-16(11-17)13-21/h3-11,14,19H,12H2,1-2H3,(H,22,25)(H,23,24)/t19-/m1/s1. The highest BCUT2D eigenvalue weighted by Gasteiger charge is 2.24. The Morgan fingerprint density at radius 1 is 1.08 bits per heavy atom. The average Bonchev–Trinajstić information content (AvgIpc) is 2.60.